The van der Waals surface area contributed by atoms with Crippen molar-refractivity contribution in [2.24, 2.45) is 0 Å². The molecule has 4 nitrogen and oxygen atoms in total. The molecule has 0 bridgehead atoms. The average Bonchev–Trinajstić information content (AvgIpc) is 3.19. The number of likely N-dealkylation sites (tertiary alicyclic amines) is 1. The van der Waals surface area contributed by atoms with Crippen LogP contribution >= 0.6 is 0 Å². The van der Waals surface area contributed by atoms with Crippen LogP contribution in [0.1, 0.15) is 43.4 Å². The highest BCUT2D eigenvalue weighted by Gasteiger charge is 2.42. The Bertz CT molecular complexity index is 1010. The van der Waals surface area contributed by atoms with Crippen LogP contribution in [0.15, 0.2) is 48.5 Å². The van der Waals surface area contributed by atoms with Crippen LogP contribution in [-0.2, 0) is 16.8 Å². The zero-order valence-electron chi connectivity index (χ0n) is 18.0. The standard InChI is InChI=1S/C26H31FN2O2/c27-20-8-10-21(11-9-20)30-18-5-1-4-15-29-16-13-26(14-17-29)25-23(12-19-31-26)22-6-2-3-7-24(22)28-25/h2-3,6-11,28H,1,4-5,12-19H2. The third-order valence-electron chi connectivity index (χ3n) is 6.86. The zero-order chi connectivity index (χ0) is 21.1. The van der Waals surface area contributed by atoms with E-state index in [0.717, 1.165) is 64.1 Å². The lowest BCUT2D eigenvalue weighted by atomic mass is 9.83. The maximum atomic E-state index is 12.9. The van der Waals surface area contributed by atoms with Crippen LogP contribution in [0.2, 0.25) is 0 Å². The highest BCUT2D eigenvalue weighted by Crippen LogP contribution is 2.43. The number of piperidine rings is 1. The Morgan fingerprint density at radius 1 is 1.00 bits per heavy atom. The van der Waals surface area contributed by atoms with Gasteiger partial charge >= 0.3 is 0 Å². The molecule has 1 N–H and O–H groups in total. The van der Waals surface area contributed by atoms with E-state index in [0.29, 0.717) is 6.61 Å². The van der Waals surface area contributed by atoms with Crippen molar-refractivity contribution in [3.8, 4) is 5.75 Å². The van der Waals surface area contributed by atoms with Crippen molar-refractivity contribution in [2.75, 3.05) is 32.8 Å². The lowest BCUT2D eigenvalue weighted by Gasteiger charge is -2.43. The van der Waals surface area contributed by atoms with Gasteiger partial charge < -0.3 is 19.4 Å². The largest absolute Gasteiger partial charge is 0.494 e. The summed E-state index contributed by atoms with van der Waals surface area (Å²) in [6, 6.07) is 14.9. The molecule has 1 spiro atoms. The Morgan fingerprint density at radius 2 is 1.81 bits per heavy atom. The molecule has 31 heavy (non-hydrogen) atoms. The molecule has 3 aromatic rings. The van der Waals surface area contributed by atoms with Gasteiger partial charge in [0.05, 0.1) is 18.9 Å². The van der Waals surface area contributed by atoms with Crippen molar-refractivity contribution < 1.29 is 13.9 Å². The smallest absolute Gasteiger partial charge is 0.123 e. The van der Waals surface area contributed by atoms with Crippen LogP contribution in [0.5, 0.6) is 5.75 Å². The average molecular weight is 423 g/mol. The molecule has 1 fully saturated rings. The summed E-state index contributed by atoms with van der Waals surface area (Å²) in [5.74, 6) is 0.515. The number of halogens is 1. The predicted molar refractivity (Wildman–Crippen MR) is 121 cm³/mol. The summed E-state index contributed by atoms with van der Waals surface area (Å²) < 4.78 is 25.0. The van der Waals surface area contributed by atoms with Crippen molar-refractivity contribution in [3.63, 3.8) is 0 Å². The van der Waals surface area contributed by atoms with E-state index in [1.54, 1.807) is 12.1 Å². The van der Waals surface area contributed by atoms with E-state index in [4.69, 9.17) is 9.47 Å². The fraction of sp³-hybridized carbons (Fsp3) is 0.462. The minimum Gasteiger partial charge on any atom is -0.494 e. The van der Waals surface area contributed by atoms with E-state index >= 15 is 0 Å². The van der Waals surface area contributed by atoms with Crippen molar-refractivity contribution in [1.82, 2.24) is 9.88 Å². The van der Waals surface area contributed by atoms with E-state index in [1.807, 2.05) is 0 Å². The molecule has 0 amide bonds. The number of benzene rings is 2. The number of hydrogen-bond donors (Lipinski definition) is 1. The summed E-state index contributed by atoms with van der Waals surface area (Å²) in [4.78, 5) is 6.27. The van der Waals surface area contributed by atoms with E-state index in [9.17, 15) is 4.39 Å². The molecule has 0 atom stereocenters. The number of H-pyrrole nitrogens is 1. The first-order valence-corrected chi connectivity index (χ1v) is 11.6. The molecular weight excluding hydrogens is 391 g/mol. The van der Waals surface area contributed by atoms with Crippen LogP contribution in [0.4, 0.5) is 4.39 Å². The second-order valence-electron chi connectivity index (χ2n) is 8.82. The van der Waals surface area contributed by atoms with Crippen LogP contribution in [-0.4, -0.2) is 42.7 Å². The number of unbranched alkanes of at least 4 members (excludes halogenated alkanes) is 2. The zero-order valence-corrected chi connectivity index (χ0v) is 18.0. The highest BCUT2D eigenvalue weighted by molar-refractivity contribution is 5.85. The van der Waals surface area contributed by atoms with Gasteiger partial charge in [-0.25, -0.2) is 4.39 Å². The molecule has 2 aromatic carbocycles. The molecule has 1 aromatic heterocycles. The number of nitrogens with zero attached hydrogens (tertiary/aromatic N) is 1. The Labute approximate surface area is 183 Å². The van der Waals surface area contributed by atoms with Gasteiger partial charge in [0, 0.05) is 24.0 Å². The predicted octanol–water partition coefficient (Wildman–Crippen LogP) is 5.42. The van der Waals surface area contributed by atoms with Gasteiger partial charge in [0.2, 0.25) is 0 Å². The molecule has 2 aliphatic heterocycles. The van der Waals surface area contributed by atoms with Gasteiger partial charge in [0.25, 0.3) is 0 Å². The maximum Gasteiger partial charge on any atom is 0.123 e. The normalized spacial score (nSPS) is 18.4. The van der Waals surface area contributed by atoms with Crippen molar-refractivity contribution in [3.05, 3.63) is 65.6 Å². The van der Waals surface area contributed by atoms with Gasteiger partial charge in [-0.05, 0) is 81.0 Å². The molecule has 5 rings (SSSR count). The van der Waals surface area contributed by atoms with Gasteiger partial charge in [-0.15, -0.1) is 0 Å². The first-order valence-electron chi connectivity index (χ1n) is 11.6. The number of rotatable bonds is 7. The summed E-state index contributed by atoms with van der Waals surface area (Å²) in [7, 11) is 0. The highest BCUT2D eigenvalue weighted by atomic mass is 19.1. The minimum atomic E-state index is -0.227. The van der Waals surface area contributed by atoms with Crippen LogP contribution in [0.3, 0.4) is 0 Å². The fourth-order valence-electron chi connectivity index (χ4n) is 5.14. The van der Waals surface area contributed by atoms with Crippen LogP contribution in [0, 0.1) is 5.82 Å². The van der Waals surface area contributed by atoms with Gasteiger partial charge in [-0.3, -0.25) is 0 Å². The summed E-state index contributed by atoms with van der Waals surface area (Å²) in [5.41, 5.74) is 3.91. The molecule has 0 unspecified atom stereocenters. The lowest BCUT2D eigenvalue weighted by Crippen LogP contribution is -2.46. The Kier molecular flexibility index (Phi) is 5.97. The first kappa shape index (κ1) is 20.5. The molecule has 164 valence electrons. The van der Waals surface area contributed by atoms with Crippen molar-refractivity contribution in [2.45, 2.75) is 44.1 Å². The fourth-order valence-corrected chi connectivity index (χ4v) is 5.14. The lowest BCUT2D eigenvalue weighted by molar-refractivity contribution is -0.100. The summed E-state index contributed by atoms with van der Waals surface area (Å²) >= 11 is 0. The quantitative estimate of drug-likeness (QED) is 0.517. The second-order valence-corrected chi connectivity index (χ2v) is 8.82. The molecule has 5 heteroatoms. The van der Waals surface area contributed by atoms with Gasteiger partial charge in [-0.1, -0.05) is 18.2 Å². The topological polar surface area (TPSA) is 37.5 Å². The Hall–Kier alpha value is -2.37. The van der Waals surface area contributed by atoms with E-state index < -0.39 is 0 Å². The molecular formula is C26H31FN2O2. The molecule has 2 aliphatic rings. The Balaban J connectivity index is 1.08. The van der Waals surface area contributed by atoms with E-state index in [1.165, 1.54) is 40.7 Å². The third-order valence-corrected chi connectivity index (χ3v) is 6.86. The third kappa shape index (κ3) is 4.35. The molecule has 0 aliphatic carbocycles. The van der Waals surface area contributed by atoms with Crippen LogP contribution < -0.4 is 4.74 Å². The molecule has 3 heterocycles. The van der Waals surface area contributed by atoms with Gasteiger partial charge in [0.1, 0.15) is 17.2 Å². The second kappa shape index (κ2) is 9.01. The molecule has 1 saturated heterocycles. The summed E-state index contributed by atoms with van der Waals surface area (Å²) in [5, 5.41) is 1.37. The summed E-state index contributed by atoms with van der Waals surface area (Å²) in [6.45, 7) is 4.81. The van der Waals surface area contributed by atoms with E-state index in [-0.39, 0.29) is 11.4 Å². The van der Waals surface area contributed by atoms with E-state index in [2.05, 4.69) is 34.1 Å². The number of aromatic amines is 1. The number of nitrogens with one attached hydrogen (secondary N) is 1. The molecule has 0 saturated carbocycles. The SMILES string of the molecule is Fc1ccc(OCCCCCN2CCC3(CC2)OCCc2c3[nH]c3ccccc23)cc1. The van der Waals surface area contributed by atoms with Crippen molar-refractivity contribution in [1.29, 1.82) is 0 Å². The molecule has 0 radical (unpaired) electrons. The maximum absolute atomic E-state index is 12.9. The summed E-state index contributed by atoms with van der Waals surface area (Å²) in [6.07, 6.45) is 6.46. The first-order chi connectivity index (χ1) is 15.2. The Morgan fingerprint density at radius 3 is 2.65 bits per heavy atom. The number of fused-ring (bicyclic) bond motifs is 4. The number of aromatic nitrogens is 1. The number of hydrogen-bond acceptors (Lipinski definition) is 3. The van der Waals surface area contributed by atoms with Gasteiger partial charge in [0.15, 0.2) is 0 Å². The van der Waals surface area contributed by atoms with Gasteiger partial charge in [-0.2, -0.15) is 0 Å². The minimum absolute atomic E-state index is 0.133. The number of ether oxygens (including phenoxy) is 2. The monoisotopic (exact) mass is 422 g/mol. The van der Waals surface area contributed by atoms with Crippen LogP contribution in [0.25, 0.3) is 10.9 Å². The number of para-hydroxylation sites is 1. The van der Waals surface area contributed by atoms with Crippen molar-refractivity contribution >= 4 is 10.9 Å².